The number of urea groups is 1. The van der Waals surface area contributed by atoms with Crippen molar-refractivity contribution in [2.24, 2.45) is 7.05 Å². The summed E-state index contributed by atoms with van der Waals surface area (Å²) in [7, 11) is 1.94. The Balaban J connectivity index is 1.71. The third-order valence-corrected chi connectivity index (χ3v) is 3.98. The van der Waals surface area contributed by atoms with Gasteiger partial charge in [0.2, 0.25) is 5.89 Å². The predicted octanol–water partition coefficient (Wildman–Crippen LogP) is 2.75. The minimum absolute atomic E-state index is 0.195. The van der Waals surface area contributed by atoms with Crippen molar-refractivity contribution in [1.82, 2.24) is 25.2 Å². The van der Waals surface area contributed by atoms with Gasteiger partial charge in [-0.3, -0.25) is 0 Å². The first-order valence-electron chi connectivity index (χ1n) is 8.11. The maximum absolute atomic E-state index is 12.4. The van der Waals surface area contributed by atoms with Gasteiger partial charge in [0.25, 0.3) is 0 Å². The Morgan fingerprint density at radius 2 is 2.00 bits per heavy atom. The third-order valence-electron chi connectivity index (χ3n) is 3.98. The van der Waals surface area contributed by atoms with Crippen LogP contribution in [-0.4, -0.2) is 20.6 Å². The lowest BCUT2D eigenvalue weighted by Crippen LogP contribution is -2.40. The Hall–Kier alpha value is -3.09. The SMILES string of the molecule is CC(NC(=O)NC(Cc1nccn1C)c1ccccc1)c1ncco1. The van der Waals surface area contributed by atoms with Crippen LogP contribution >= 0.6 is 0 Å². The summed E-state index contributed by atoms with van der Waals surface area (Å²) in [6.45, 7) is 1.82. The molecule has 3 rings (SSSR count). The number of amides is 2. The molecule has 0 fully saturated rings. The normalized spacial score (nSPS) is 13.2. The Bertz CT molecular complexity index is 798. The molecule has 2 amide bonds. The zero-order valence-corrected chi connectivity index (χ0v) is 14.2. The van der Waals surface area contributed by atoms with Crippen molar-refractivity contribution in [1.29, 1.82) is 0 Å². The standard InChI is InChI=1S/C18H21N5O2/c1-13(17-20-9-11-25-17)21-18(24)22-15(14-6-4-3-5-7-14)12-16-19-8-10-23(16)2/h3-11,13,15H,12H2,1-2H3,(H2,21,22,24). The summed E-state index contributed by atoms with van der Waals surface area (Å²) in [5.74, 6) is 1.37. The van der Waals surface area contributed by atoms with Gasteiger partial charge in [0, 0.05) is 25.9 Å². The zero-order valence-electron chi connectivity index (χ0n) is 14.2. The summed E-state index contributed by atoms with van der Waals surface area (Å²) in [6, 6.07) is 9.04. The first kappa shape index (κ1) is 16.8. The van der Waals surface area contributed by atoms with E-state index >= 15 is 0 Å². The molecule has 7 nitrogen and oxygen atoms in total. The summed E-state index contributed by atoms with van der Waals surface area (Å²) in [5, 5.41) is 5.86. The smallest absolute Gasteiger partial charge is 0.315 e. The van der Waals surface area contributed by atoms with Gasteiger partial charge in [-0.15, -0.1) is 0 Å². The van der Waals surface area contributed by atoms with Crippen molar-refractivity contribution in [3.8, 4) is 0 Å². The van der Waals surface area contributed by atoms with Crippen LogP contribution in [0.3, 0.4) is 0 Å². The predicted molar refractivity (Wildman–Crippen MR) is 92.7 cm³/mol. The van der Waals surface area contributed by atoms with E-state index in [1.54, 1.807) is 12.4 Å². The monoisotopic (exact) mass is 339 g/mol. The molecule has 2 N–H and O–H groups in total. The fourth-order valence-electron chi connectivity index (χ4n) is 2.62. The number of benzene rings is 1. The number of imidazole rings is 1. The van der Waals surface area contributed by atoms with Crippen molar-refractivity contribution in [3.05, 3.63) is 72.5 Å². The van der Waals surface area contributed by atoms with Crippen molar-refractivity contribution in [2.45, 2.75) is 25.4 Å². The van der Waals surface area contributed by atoms with Gasteiger partial charge in [0.1, 0.15) is 18.1 Å². The molecule has 0 saturated heterocycles. The van der Waals surface area contributed by atoms with E-state index in [9.17, 15) is 4.79 Å². The van der Waals surface area contributed by atoms with Crippen LogP contribution in [0.5, 0.6) is 0 Å². The highest BCUT2D eigenvalue weighted by atomic mass is 16.3. The van der Waals surface area contributed by atoms with E-state index in [0.29, 0.717) is 12.3 Å². The summed E-state index contributed by atoms with van der Waals surface area (Å²) in [6.07, 6.45) is 7.27. The van der Waals surface area contributed by atoms with E-state index in [2.05, 4.69) is 20.6 Å². The van der Waals surface area contributed by atoms with Crippen molar-refractivity contribution in [3.63, 3.8) is 0 Å². The lowest BCUT2D eigenvalue weighted by atomic mass is 10.0. The summed E-state index contributed by atoms with van der Waals surface area (Å²) in [4.78, 5) is 20.8. The van der Waals surface area contributed by atoms with Crippen LogP contribution in [0, 0.1) is 0 Å². The molecule has 2 atom stereocenters. The number of oxazole rings is 1. The Morgan fingerprint density at radius 3 is 2.64 bits per heavy atom. The summed E-state index contributed by atoms with van der Waals surface area (Å²) < 4.78 is 7.17. The number of aromatic nitrogens is 3. The molecule has 2 heterocycles. The second kappa shape index (κ2) is 7.65. The number of aryl methyl sites for hydroxylation is 1. The van der Waals surface area contributed by atoms with Gasteiger partial charge >= 0.3 is 6.03 Å². The average Bonchev–Trinajstić information content (AvgIpc) is 3.27. The summed E-state index contributed by atoms with van der Waals surface area (Å²) >= 11 is 0. The second-order valence-electron chi connectivity index (χ2n) is 5.83. The quantitative estimate of drug-likeness (QED) is 0.723. The van der Waals surface area contributed by atoms with E-state index in [0.717, 1.165) is 11.4 Å². The molecular weight excluding hydrogens is 318 g/mol. The molecular formula is C18H21N5O2. The Morgan fingerprint density at radius 1 is 1.20 bits per heavy atom. The Kier molecular flexibility index (Phi) is 5.13. The molecule has 3 aromatic rings. The van der Waals surface area contributed by atoms with Crippen LogP contribution in [0.2, 0.25) is 0 Å². The highest BCUT2D eigenvalue weighted by Crippen LogP contribution is 2.18. The lowest BCUT2D eigenvalue weighted by molar-refractivity contribution is 0.231. The number of carbonyl (C=O) groups is 1. The number of carbonyl (C=O) groups excluding carboxylic acids is 1. The number of hydrogen-bond acceptors (Lipinski definition) is 4. The van der Waals surface area contributed by atoms with E-state index in [1.165, 1.54) is 6.26 Å². The van der Waals surface area contributed by atoms with E-state index in [4.69, 9.17) is 4.42 Å². The Labute approximate surface area is 146 Å². The van der Waals surface area contributed by atoms with E-state index < -0.39 is 0 Å². The van der Waals surface area contributed by atoms with Crippen molar-refractivity contribution >= 4 is 6.03 Å². The molecule has 7 heteroatoms. The summed E-state index contributed by atoms with van der Waals surface area (Å²) in [5.41, 5.74) is 1.02. The van der Waals surface area contributed by atoms with Crippen LogP contribution < -0.4 is 10.6 Å². The minimum atomic E-state index is -0.320. The topological polar surface area (TPSA) is 85.0 Å². The molecule has 0 aliphatic carbocycles. The fourth-order valence-corrected chi connectivity index (χ4v) is 2.62. The van der Waals surface area contributed by atoms with Crippen molar-refractivity contribution in [2.75, 3.05) is 0 Å². The maximum Gasteiger partial charge on any atom is 0.315 e. The molecule has 130 valence electrons. The lowest BCUT2D eigenvalue weighted by Gasteiger charge is -2.20. The molecule has 2 aromatic heterocycles. The van der Waals surface area contributed by atoms with Crippen LogP contribution in [0.4, 0.5) is 4.79 Å². The van der Waals surface area contributed by atoms with Gasteiger partial charge in [0.15, 0.2) is 0 Å². The molecule has 0 bridgehead atoms. The first-order chi connectivity index (χ1) is 12.1. The van der Waals surface area contributed by atoms with Crippen LogP contribution in [0.25, 0.3) is 0 Å². The molecule has 0 saturated carbocycles. The van der Waals surface area contributed by atoms with Crippen molar-refractivity contribution < 1.29 is 9.21 Å². The molecule has 25 heavy (non-hydrogen) atoms. The van der Waals surface area contributed by atoms with Gasteiger partial charge in [-0.25, -0.2) is 14.8 Å². The van der Waals surface area contributed by atoms with Gasteiger partial charge in [-0.2, -0.15) is 0 Å². The highest BCUT2D eigenvalue weighted by Gasteiger charge is 2.19. The van der Waals surface area contributed by atoms with Gasteiger partial charge in [-0.1, -0.05) is 30.3 Å². The maximum atomic E-state index is 12.4. The zero-order chi connectivity index (χ0) is 17.6. The second-order valence-corrected chi connectivity index (χ2v) is 5.83. The third kappa shape index (κ3) is 4.26. The molecule has 2 unspecified atom stereocenters. The van der Waals surface area contributed by atoms with Crippen LogP contribution in [-0.2, 0) is 13.5 Å². The molecule has 1 aromatic carbocycles. The van der Waals surface area contributed by atoms with E-state index in [1.807, 2.05) is 55.1 Å². The largest absolute Gasteiger partial charge is 0.447 e. The van der Waals surface area contributed by atoms with Gasteiger partial charge in [0.05, 0.1) is 12.2 Å². The number of nitrogens with zero attached hydrogens (tertiary/aromatic N) is 3. The number of nitrogens with one attached hydrogen (secondary N) is 2. The van der Waals surface area contributed by atoms with Gasteiger partial charge < -0.3 is 19.6 Å². The minimum Gasteiger partial charge on any atom is -0.447 e. The average molecular weight is 339 g/mol. The van der Waals surface area contributed by atoms with Crippen LogP contribution in [0.1, 0.15) is 36.3 Å². The molecule has 0 aliphatic heterocycles. The fraction of sp³-hybridized carbons (Fsp3) is 0.278. The molecule has 0 radical (unpaired) electrons. The van der Waals surface area contributed by atoms with Crippen LogP contribution in [0.15, 0.2) is 59.6 Å². The molecule has 0 aliphatic rings. The molecule has 0 spiro atoms. The van der Waals surface area contributed by atoms with Gasteiger partial charge in [-0.05, 0) is 12.5 Å². The first-order valence-corrected chi connectivity index (χ1v) is 8.11. The highest BCUT2D eigenvalue weighted by molar-refractivity contribution is 5.74. The number of hydrogen-bond donors (Lipinski definition) is 2. The van der Waals surface area contributed by atoms with E-state index in [-0.39, 0.29) is 18.1 Å². The number of rotatable bonds is 6.